The molecule has 3 aliphatic carbocycles. The summed E-state index contributed by atoms with van der Waals surface area (Å²) in [6.07, 6.45) is 3.96. The van der Waals surface area contributed by atoms with E-state index in [1.165, 1.54) is 25.3 Å². The molecule has 4 rings (SSSR count). The smallest absolute Gasteiger partial charge is 0.226 e. The fourth-order valence-electron chi connectivity index (χ4n) is 6.18. The Hall–Kier alpha value is -1.14. The second kappa shape index (κ2) is 5.43. The van der Waals surface area contributed by atoms with Gasteiger partial charge in [0.25, 0.3) is 0 Å². The first-order chi connectivity index (χ1) is 11.8. The molecule has 1 aromatic rings. The van der Waals surface area contributed by atoms with E-state index in [2.05, 4.69) is 0 Å². The summed E-state index contributed by atoms with van der Waals surface area (Å²) in [4.78, 5) is 0. The van der Waals surface area contributed by atoms with E-state index in [4.69, 9.17) is 9.47 Å². The Balaban J connectivity index is 1.75. The highest BCUT2D eigenvalue weighted by molar-refractivity contribution is 5.40. The number of methoxy groups -OCH3 is 2. The summed E-state index contributed by atoms with van der Waals surface area (Å²) in [6.45, 7) is 2.03. The topological polar surface area (TPSA) is 79.2 Å². The number of aryl methyl sites for hydroxylation is 1. The van der Waals surface area contributed by atoms with E-state index >= 15 is 0 Å². The summed E-state index contributed by atoms with van der Waals surface area (Å²) < 4.78 is 10.9. The van der Waals surface area contributed by atoms with E-state index in [0.717, 1.165) is 25.7 Å². The van der Waals surface area contributed by atoms with Crippen molar-refractivity contribution in [2.24, 2.45) is 17.3 Å². The minimum absolute atomic E-state index is 0.114. The Bertz CT molecular complexity index is 691. The summed E-state index contributed by atoms with van der Waals surface area (Å²) in [5.74, 6) is -2.21. The molecule has 0 bridgehead atoms. The monoisotopic (exact) mass is 348 g/mol. The van der Waals surface area contributed by atoms with Gasteiger partial charge in [0.1, 0.15) is 5.75 Å². The molecular weight excluding hydrogens is 320 g/mol. The van der Waals surface area contributed by atoms with Gasteiger partial charge in [-0.05, 0) is 66.7 Å². The molecule has 0 unspecified atom stereocenters. The number of aromatic hydroxyl groups is 1. The van der Waals surface area contributed by atoms with Gasteiger partial charge in [-0.15, -0.1) is 0 Å². The third kappa shape index (κ3) is 2.04. The molecule has 0 radical (unpaired) electrons. The number of rotatable bonds is 2. The molecule has 2 saturated carbocycles. The maximum atomic E-state index is 11.3. The molecular formula is C20H28O5. The molecule has 3 aliphatic rings. The number of phenolic OH excluding ortho intramolecular Hbond substituents is 1. The van der Waals surface area contributed by atoms with Gasteiger partial charge < -0.3 is 24.8 Å². The van der Waals surface area contributed by atoms with Crippen LogP contribution in [0.4, 0.5) is 0 Å². The van der Waals surface area contributed by atoms with Crippen molar-refractivity contribution in [2.45, 2.75) is 56.5 Å². The average Bonchev–Trinajstić information content (AvgIpc) is 2.80. The lowest BCUT2D eigenvalue weighted by atomic mass is 9.55. The lowest BCUT2D eigenvalue weighted by Crippen LogP contribution is -2.61. The predicted octanol–water partition coefficient (Wildman–Crippen LogP) is 2.53. The highest BCUT2D eigenvalue weighted by Crippen LogP contribution is 2.67. The molecule has 2 fully saturated rings. The maximum Gasteiger partial charge on any atom is 0.226 e. The first-order valence-corrected chi connectivity index (χ1v) is 9.16. The zero-order chi connectivity index (χ0) is 18.0. The third-order valence-corrected chi connectivity index (χ3v) is 7.53. The van der Waals surface area contributed by atoms with Crippen LogP contribution in [-0.4, -0.2) is 41.1 Å². The molecule has 0 aliphatic heterocycles. The van der Waals surface area contributed by atoms with E-state index in [1.54, 1.807) is 6.07 Å². The Morgan fingerprint density at radius 3 is 2.56 bits per heavy atom. The molecule has 0 amide bonds. The summed E-state index contributed by atoms with van der Waals surface area (Å²) in [6, 6.07) is 5.69. The normalized spacial score (nSPS) is 45.6. The van der Waals surface area contributed by atoms with Crippen molar-refractivity contribution in [2.75, 3.05) is 14.2 Å². The molecule has 1 aromatic carbocycles. The van der Waals surface area contributed by atoms with E-state index in [9.17, 15) is 15.3 Å². The Labute approximate surface area is 148 Å². The van der Waals surface area contributed by atoms with Crippen molar-refractivity contribution >= 4 is 0 Å². The van der Waals surface area contributed by atoms with Crippen LogP contribution >= 0.6 is 0 Å². The van der Waals surface area contributed by atoms with Gasteiger partial charge >= 0.3 is 0 Å². The van der Waals surface area contributed by atoms with Crippen molar-refractivity contribution in [1.82, 2.24) is 0 Å². The van der Waals surface area contributed by atoms with Gasteiger partial charge in [0.15, 0.2) is 0 Å². The summed E-state index contributed by atoms with van der Waals surface area (Å²) in [5.41, 5.74) is 1.99. The predicted molar refractivity (Wildman–Crippen MR) is 92.0 cm³/mol. The molecule has 0 heterocycles. The van der Waals surface area contributed by atoms with Crippen molar-refractivity contribution in [3.63, 3.8) is 0 Å². The van der Waals surface area contributed by atoms with Crippen molar-refractivity contribution in [3.05, 3.63) is 29.3 Å². The zero-order valence-corrected chi connectivity index (χ0v) is 15.2. The van der Waals surface area contributed by atoms with Crippen LogP contribution in [0, 0.1) is 17.3 Å². The number of benzene rings is 1. The standard InChI is InChI=1S/C20H28O5/c1-18-9-8-15-14-7-5-13(21)10-12(14)4-6-16(15)17(18)11-19(22,24-2)20(18,23)25-3/h5,7,10,15-17,21-23H,4,6,8-9,11H2,1-3H3/t15-,16-,17+,18+,19-,20-/m1/s1. The summed E-state index contributed by atoms with van der Waals surface area (Å²) in [5, 5.41) is 32.0. The highest BCUT2D eigenvalue weighted by Gasteiger charge is 2.73. The Morgan fingerprint density at radius 2 is 1.88 bits per heavy atom. The number of hydrogen-bond donors (Lipinski definition) is 3. The van der Waals surface area contributed by atoms with E-state index < -0.39 is 17.0 Å². The minimum Gasteiger partial charge on any atom is -0.508 e. The Kier molecular flexibility index (Phi) is 3.75. The second-order valence-electron chi connectivity index (χ2n) is 8.30. The molecule has 5 heteroatoms. The molecule has 5 nitrogen and oxygen atoms in total. The van der Waals surface area contributed by atoms with Crippen LogP contribution in [0.1, 0.15) is 49.7 Å². The maximum absolute atomic E-state index is 11.3. The van der Waals surface area contributed by atoms with Crippen LogP contribution in [0.25, 0.3) is 0 Å². The van der Waals surface area contributed by atoms with E-state index in [-0.39, 0.29) is 5.92 Å². The molecule has 25 heavy (non-hydrogen) atoms. The minimum atomic E-state index is -1.71. The number of phenols is 1. The molecule has 3 N–H and O–H groups in total. The largest absolute Gasteiger partial charge is 0.508 e. The van der Waals surface area contributed by atoms with Gasteiger partial charge in [0.05, 0.1) is 0 Å². The van der Waals surface area contributed by atoms with E-state index in [0.29, 0.717) is 24.0 Å². The average molecular weight is 348 g/mol. The molecule has 6 atom stereocenters. The van der Waals surface area contributed by atoms with Gasteiger partial charge in [0, 0.05) is 26.1 Å². The fraction of sp³-hybridized carbons (Fsp3) is 0.700. The van der Waals surface area contributed by atoms with Crippen LogP contribution < -0.4 is 0 Å². The summed E-state index contributed by atoms with van der Waals surface area (Å²) >= 11 is 0. The number of hydrogen-bond acceptors (Lipinski definition) is 5. The number of fused-ring (bicyclic) bond motifs is 5. The van der Waals surface area contributed by atoms with Crippen molar-refractivity contribution < 1.29 is 24.8 Å². The Morgan fingerprint density at radius 1 is 1.12 bits per heavy atom. The fourth-order valence-corrected chi connectivity index (χ4v) is 6.18. The van der Waals surface area contributed by atoms with Gasteiger partial charge in [-0.25, -0.2) is 0 Å². The van der Waals surface area contributed by atoms with Gasteiger partial charge in [-0.1, -0.05) is 13.0 Å². The first-order valence-electron chi connectivity index (χ1n) is 9.16. The lowest BCUT2D eigenvalue weighted by Gasteiger charge is -2.52. The van der Waals surface area contributed by atoms with Gasteiger partial charge in [-0.2, -0.15) is 0 Å². The summed E-state index contributed by atoms with van der Waals surface area (Å²) in [7, 11) is 2.88. The lowest BCUT2D eigenvalue weighted by molar-refractivity contribution is -0.387. The van der Waals surface area contributed by atoms with Crippen LogP contribution in [0.15, 0.2) is 18.2 Å². The molecule has 0 spiro atoms. The van der Waals surface area contributed by atoms with Crippen LogP contribution in [0.5, 0.6) is 5.75 Å². The van der Waals surface area contributed by atoms with Crippen LogP contribution in [-0.2, 0) is 15.9 Å². The van der Waals surface area contributed by atoms with Gasteiger partial charge in [0.2, 0.25) is 11.6 Å². The first kappa shape index (κ1) is 17.3. The SMILES string of the molecule is CO[C@@]1(O)[C@](O)(OC)C[C@H]2[C@@H]3CCc4cc(O)ccc4[C@H]3CC[C@@]21C. The van der Waals surface area contributed by atoms with E-state index in [1.807, 2.05) is 19.1 Å². The van der Waals surface area contributed by atoms with Crippen molar-refractivity contribution in [1.29, 1.82) is 0 Å². The highest BCUT2D eigenvalue weighted by atomic mass is 16.7. The second-order valence-corrected chi connectivity index (χ2v) is 8.30. The quantitative estimate of drug-likeness (QED) is 0.716. The molecule has 0 saturated heterocycles. The molecule has 0 aromatic heterocycles. The van der Waals surface area contributed by atoms with Crippen molar-refractivity contribution in [3.8, 4) is 5.75 Å². The van der Waals surface area contributed by atoms with Gasteiger partial charge in [-0.3, -0.25) is 0 Å². The van der Waals surface area contributed by atoms with Crippen LogP contribution in [0.3, 0.4) is 0 Å². The third-order valence-electron chi connectivity index (χ3n) is 7.53. The zero-order valence-electron chi connectivity index (χ0n) is 15.2. The number of aliphatic hydroxyl groups is 2. The number of ether oxygens (including phenoxy) is 2. The molecule has 138 valence electrons. The van der Waals surface area contributed by atoms with Crippen LogP contribution in [0.2, 0.25) is 0 Å².